The highest BCUT2D eigenvalue weighted by Gasteiger charge is 2.34. The van der Waals surface area contributed by atoms with Gasteiger partial charge in [0.25, 0.3) is 0 Å². The van der Waals surface area contributed by atoms with Gasteiger partial charge in [0.2, 0.25) is 11.8 Å². The van der Waals surface area contributed by atoms with Crippen molar-refractivity contribution >= 4 is 28.8 Å². The Morgan fingerprint density at radius 2 is 1.81 bits per heavy atom. The van der Waals surface area contributed by atoms with Crippen LogP contribution in [0.5, 0.6) is 0 Å². The number of carbonyl (C=O) groups is 2. The van der Waals surface area contributed by atoms with Gasteiger partial charge in [0, 0.05) is 16.6 Å². The van der Waals surface area contributed by atoms with Crippen LogP contribution >= 0.6 is 11.3 Å². The zero-order chi connectivity index (χ0) is 21.6. The topological polar surface area (TPSA) is 49.4 Å². The minimum absolute atomic E-state index is 0.0801. The minimum atomic E-state index is -0.712. The molecule has 1 fully saturated rings. The highest BCUT2D eigenvalue weighted by atomic mass is 32.1. The number of carbonyl (C=O) groups excluding carboxylic acids is 2. The van der Waals surface area contributed by atoms with Gasteiger partial charge in [-0.2, -0.15) is 0 Å². The van der Waals surface area contributed by atoms with E-state index in [4.69, 9.17) is 0 Å². The van der Waals surface area contributed by atoms with Gasteiger partial charge in [0.1, 0.15) is 6.04 Å². The van der Waals surface area contributed by atoms with Gasteiger partial charge >= 0.3 is 0 Å². The summed E-state index contributed by atoms with van der Waals surface area (Å²) in [7, 11) is 0. The van der Waals surface area contributed by atoms with E-state index in [-0.39, 0.29) is 24.3 Å². The second-order valence-corrected chi connectivity index (χ2v) is 9.19. The number of thiophene rings is 1. The molecule has 0 aliphatic heterocycles. The van der Waals surface area contributed by atoms with Crippen LogP contribution in [-0.2, 0) is 16.0 Å². The lowest BCUT2D eigenvalue weighted by Crippen LogP contribution is -2.46. The summed E-state index contributed by atoms with van der Waals surface area (Å²) in [6, 6.07) is 20.9. The van der Waals surface area contributed by atoms with E-state index >= 15 is 0 Å². The molecule has 31 heavy (non-hydrogen) atoms. The standard InChI is InChI=1S/C26H28N2O2S/c1-19-9-7-14-22(17-19)28(24(29)18-23-15-8-16-31-23)25(20-10-3-2-4-11-20)26(30)27-21-12-5-6-13-21/h2-4,7-11,14-17,21,25H,5-6,12-13,18H2,1H3,(H,27,30)/t25-/m0/s1. The van der Waals surface area contributed by atoms with Crippen LogP contribution in [0.1, 0.15) is 47.7 Å². The van der Waals surface area contributed by atoms with Crippen LogP contribution in [0.4, 0.5) is 5.69 Å². The van der Waals surface area contributed by atoms with Gasteiger partial charge < -0.3 is 5.32 Å². The molecule has 5 heteroatoms. The molecule has 1 N–H and O–H groups in total. The number of nitrogens with zero attached hydrogens (tertiary/aromatic N) is 1. The van der Waals surface area contributed by atoms with Crippen molar-refractivity contribution in [1.29, 1.82) is 0 Å². The number of hydrogen-bond donors (Lipinski definition) is 1. The van der Waals surface area contributed by atoms with Gasteiger partial charge in [-0.3, -0.25) is 14.5 Å². The lowest BCUT2D eigenvalue weighted by molar-refractivity contribution is -0.127. The summed E-state index contributed by atoms with van der Waals surface area (Å²) >= 11 is 1.56. The van der Waals surface area contributed by atoms with Crippen LogP contribution in [0.2, 0.25) is 0 Å². The number of benzene rings is 2. The Morgan fingerprint density at radius 3 is 2.48 bits per heavy atom. The largest absolute Gasteiger partial charge is 0.351 e. The molecule has 1 saturated carbocycles. The molecule has 1 aliphatic carbocycles. The molecule has 2 aromatic carbocycles. The maximum atomic E-state index is 13.6. The maximum absolute atomic E-state index is 13.6. The molecule has 0 radical (unpaired) electrons. The third kappa shape index (κ3) is 5.23. The number of aryl methyl sites for hydroxylation is 1. The van der Waals surface area contributed by atoms with Gasteiger partial charge in [0.15, 0.2) is 0 Å². The summed E-state index contributed by atoms with van der Waals surface area (Å²) in [5.74, 6) is -0.192. The fourth-order valence-corrected chi connectivity index (χ4v) is 4.96. The normalized spacial score (nSPS) is 14.9. The van der Waals surface area contributed by atoms with Gasteiger partial charge in [0.05, 0.1) is 6.42 Å². The summed E-state index contributed by atoms with van der Waals surface area (Å²) < 4.78 is 0. The monoisotopic (exact) mass is 432 g/mol. The quantitative estimate of drug-likeness (QED) is 0.541. The fraction of sp³-hybridized carbons (Fsp3) is 0.308. The van der Waals surface area contributed by atoms with Crippen LogP contribution in [0.15, 0.2) is 72.1 Å². The van der Waals surface area contributed by atoms with E-state index in [1.807, 2.05) is 79.0 Å². The minimum Gasteiger partial charge on any atom is -0.351 e. The summed E-state index contributed by atoms with van der Waals surface area (Å²) in [6.07, 6.45) is 4.55. The lowest BCUT2D eigenvalue weighted by Gasteiger charge is -2.32. The number of nitrogens with one attached hydrogen (secondary N) is 1. The second-order valence-electron chi connectivity index (χ2n) is 8.16. The van der Waals surface area contributed by atoms with Crippen LogP contribution in [0.3, 0.4) is 0 Å². The molecule has 0 bridgehead atoms. The van der Waals surface area contributed by atoms with Crippen LogP contribution in [0.25, 0.3) is 0 Å². The third-order valence-corrected chi connectivity index (χ3v) is 6.65. The smallest absolute Gasteiger partial charge is 0.248 e. The molecular weight excluding hydrogens is 404 g/mol. The first-order valence-corrected chi connectivity index (χ1v) is 11.8. The summed E-state index contributed by atoms with van der Waals surface area (Å²) in [6.45, 7) is 2.00. The molecule has 1 atom stereocenters. The first-order chi connectivity index (χ1) is 15.1. The van der Waals surface area contributed by atoms with Gasteiger partial charge in [-0.15, -0.1) is 11.3 Å². The zero-order valence-electron chi connectivity index (χ0n) is 17.8. The number of anilines is 1. The van der Waals surface area contributed by atoms with Crippen molar-refractivity contribution in [1.82, 2.24) is 5.32 Å². The van der Waals surface area contributed by atoms with E-state index in [0.717, 1.165) is 47.4 Å². The Kier molecular flexibility index (Phi) is 6.82. The Balaban J connectivity index is 1.74. The summed E-state index contributed by atoms with van der Waals surface area (Å²) in [4.78, 5) is 29.9. The Hall–Kier alpha value is -2.92. The molecular formula is C26H28N2O2S. The summed E-state index contributed by atoms with van der Waals surface area (Å²) in [5.41, 5.74) is 2.62. The molecule has 4 rings (SSSR count). The zero-order valence-corrected chi connectivity index (χ0v) is 18.6. The fourth-order valence-electron chi connectivity index (χ4n) is 4.27. The molecule has 1 aromatic heterocycles. The van der Waals surface area contributed by atoms with Crippen molar-refractivity contribution < 1.29 is 9.59 Å². The van der Waals surface area contributed by atoms with E-state index < -0.39 is 6.04 Å². The predicted octanol–water partition coefficient (Wildman–Crippen LogP) is 5.43. The highest BCUT2D eigenvalue weighted by molar-refractivity contribution is 7.10. The Bertz CT molecular complexity index is 1010. The lowest BCUT2D eigenvalue weighted by atomic mass is 10.0. The van der Waals surface area contributed by atoms with E-state index in [1.165, 1.54) is 0 Å². The Morgan fingerprint density at radius 1 is 1.03 bits per heavy atom. The molecule has 4 nitrogen and oxygen atoms in total. The number of hydrogen-bond acceptors (Lipinski definition) is 3. The molecule has 1 aliphatic rings. The van der Waals surface area contributed by atoms with E-state index in [9.17, 15) is 9.59 Å². The van der Waals surface area contributed by atoms with E-state index in [0.29, 0.717) is 0 Å². The van der Waals surface area contributed by atoms with Gasteiger partial charge in [-0.05, 0) is 54.5 Å². The van der Waals surface area contributed by atoms with E-state index in [1.54, 1.807) is 16.2 Å². The number of rotatable bonds is 7. The van der Waals surface area contributed by atoms with E-state index in [2.05, 4.69) is 5.32 Å². The molecule has 1 heterocycles. The SMILES string of the molecule is Cc1cccc(N(C(=O)Cc2cccs2)[C@H](C(=O)NC2CCCC2)c2ccccc2)c1. The second kappa shape index (κ2) is 9.92. The van der Waals surface area contributed by atoms with Crippen molar-refractivity contribution in [2.24, 2.45) is 0 Å². The molecule has 0 spiro atoms. The van der Waals surface area contributed by atoms with Gasteiger partial charge in [-0.25, -0.2) is 0 Å². The average molecular weight is 433 g/mol. The molecule has 2 amide bonds. The summed E-state index contributed by atoms with van der Waals surface area (Å²) in [5, 5.41) is 5.20. The van der Waals surface area contributed by atoms with Crippen molar-refractivity contribution in [2.75, 3.05) is 4.90 Å². The molecule has 0 saturated heterocycles. The van der Waals surface area contributed by atoms with Crippen molar-refractivity contribution in [2.45, 2.75) is 51.1 Å². The first-order valence-electron chi connectivity index (χ1n) is 10.9. The predicted molar refractivity (Wildman–Crippen MR) is 126 cm³/mol. The van der Waals surface area contributed by atoms with Gasteiger partial charge in [-0.1, -0.05) is 61.4 Å². The average Bonchev–Trinajstić information content (AvgIpc) is 3.46. The van der Waals surface area contributed by atoms with Crippen LogP contribution in [-0.4, -0.2) is 17.9 Å². The Labute approximate surface area is 187 Å². The molecule has 0 unspecified atom stereocenters. The van der Waals surface area contributed by atoms with Crippen molar-refractivity contribution in [3.8, 4) is 0 Å². The first kappa shape index (κ1) is 21.3. The highest BCUT2D eigenvalue weighted by Crippen LogP contribution is 2.30. The maximum Gasteiger partial charge on any atom is 0.248 e. The van der Waals surface area contributed by atoms with Crippen molar-refractivity contribution in [3.05, 3.63) is 88.1 Å². The van der Waals surface area contributed by atoms with Crippen LogP contribution < -0.4 is 10.2 Å². The molecule has 160 valence electrons. The molecule has 3 aromatic rings. The third-order valence-electron chi connectivity index (χ3n) is 5.78. The van der Waals surface area contributed by atoms with Crippen molar-refractivity contribution in [3.63, 3.8) is 0 Å². The van der Waals surface area contributed by atoms with Crippen LogP contribution in [0, 0.1) is 6.92 Å². The number of amides is 2.